The third-order valence-corrected chi connectivity index (χ3v) is 4.27. The number of carbonyl (C=O) groups excluding carboxylic acids is 2. The number of carbonyl (C=O) groups is 2. The molecular formula is C18H25FN2O3. The maximum absolute atomic E-state index is 12.8. The average molecular weight is 336 g/mol. The van der Waals surface area contributed by atoms with Gasteiger partial charge in [0, 0.05) is 0 Å². The fourth-order valence-corrected chi connectivity index (χ4v) is 2.81. The highest BCUT2D eigenvalue weighted by Gasteiger charge is 2.46. The molecule has 3 amide bonds. The second-order valence-electron chi connectivity index (χ2n) is 6.33. The Bertz CT molecular complexity index is 576. The number of nitrogens with zero attached hydrogens (tertiary/aromatic N) is 1. The van der Waals surface area contributed by atoms with Crippen molar-refractivity contribution < 1.29 is 18.7 Å². The normalized spacial score (nSPS) is 20.4. The highest BCUT2D eigenvalue weighted by atomic mass is 19.1. The zero-order chi connectivity index (χ0) is 17.6. The number of ether oxygens (including phenoxy) is 1. The molecule has 1 aromatic rings. The van der Waals surface area contributed by atoms with E-state index in [4.69, 9.17) is 4.74 Å². The van der Waals surface area contributed by atoms with Crippen LogP contribution in [0.15, 0.2) is 24.3 Å². The number of hydrogen-bond donors (Lipinski definition) is 1. The van der Waals surface area contributed by atoms with Gasteiger partial charge in [-0.25, -0.2) is 9.18 Å². The molecule has 5 nitrogen and oxygen atoms in total. The Kier molecular flexibility index (Phi) is 6.17. The van der Waals surface area contributed by atoms with E-state index >= 15 is 0 Å². The van der Waals surface area contributed by atoms with Gasteiger partial charge in [0.2, 0.25) is 0 Å². The topological polar surface area (TPSA) is 58.6 Å². The van der Waals surface area contributed by atoms with Crippen molar-refractivity contribution in [1.29, 1.82) is 0 Å². The van der Waals surface area contributed by atoms with Crippen molar-refractivity contribution in [3.8, 4) is 5.75 Å². The molecule has 24 heavy (non-hydrogen) atoms. The molecule has 2 rings (SSSR count). The number of unbranched alkanes of at least 4 members (excludes halogenated alkanes) is 3. The molecule has 1 aromatic carbocycles. The second-order valence-corrected chi connectivity index (χ2v) is 6.33. The van der Waals surface area contributed by atoms with Gasteiger partial charge in [-0.15, -0.1) is 0 Å². The van der Waals surface area contributed by atoms with E-state index in [9.17, 15) is 14.0 Å². The molecule has 0 aliphatic carbocycles. The standard InChI is InChI=1S/C18H25FN2O3/c1-3-4-5-6-11-18(2)16(22)21(17(23)20-18)12-13-24-15-9-7-14(19)8-10-15/h7-10H,3-6,11-13H2,1-2H3,(H,20,23). The molecule has 6 heteroatoms. The molecule has 0 bridgehead atoms. The quantitative estimate of drug-likeness (QED) is 0.555. The summed E-state index contributed by atoms with van der Waals surface area (Å²) in [5.74, 6) is -0.0345. The molecule has 0 radical (unpaired) electrons. The van der Waals surface area contributed by atoms with Crippen LogP contribution in [0.5, 0.6) is 5.75 Å². The molecule has 0 aromatic heterocycles. The number of nitrogens with one attached hydrogen (secondary N) is 1. The van der Waals surface area contributed by atoms with Gasteiger partial charge in [0.25, 0.3) is 5.91 Å². The van der Waals surface area contributed by atoms with Crippen molar-refractivity contribution in [3.05, 3.63) is 30.1 Å². The van der Waals surface area contributed by atoms with Gasteiger partial charge >= 0.3 is 6.03 Å². The van der Waals surface area contributed by atoms with Crippen LogP contribution < -0.4 is 10.1 Å². The minimum Gasteiger partial charge on any atom is -0.492 e. The summed E-state index contributed by atoms with van der Waals surface area (Å²) in [5.41, 5.74) is -0.819. The van der Waals surface area contributed by atoms with Gasteiger partial charge in [-0.1, -0.05) is 32.6 Å². The number of imide groups is 1. The van der Waals surface area contributed by atoms with Crippen LogP contribution in [0, 0.1) is 5.82 Å². The Morgan fingerprint density at radius 3 is 2.54 bits per heavy atom. The van der Waals surface area contributed by atoms with Crippen molar-refractivity contribution in [3.63, 3.8) is 0 Å². The molecule has 1 aliphatic rings. The minimum absolute atomic E-state index is 0.173. The van der Waals surface area contributed by atoms with E-state index in [0.29, 0.717) is 12.2 Å². The molecule has 1 N–H and O–H groups in total. The summed E-state index contributed by atoms with van der Waals surface area (Å²) in [4.78, 5) is 25.8. The third kappa shape index (κ3) is 4.46. The van der Waals surface area contributed by atoms with E-state index in [-0.39, 0.29) is 30.9 Å². The van der Waals surface area contributed by atoms with Crippen LogP contribution in [0.1, 0.15) is 46.0 Å². The maximum atomic E-state index is 12.8. The summed E-state index contributed by atoms with van der Waals surface area (Å²) in [7, 11) is 0. The molecule has 1 fully saturated rings. The first-order valence-electron chi connectivity index (χ1n) is 8.49. The van der Waals surface area contributed by atoms with Crippen LogP contribution in [0.4, 0.5) is 9.18 Å². The number of amides is 3. The van der Waals surface area contributed by atoms with E-state index in [1.54, 1.807) is 6.92 Å². The van der Waals surface area contributed by atoms with Crippen molar-refractivity contribution in [1.82, 2.24) is 10.2 Å². The molecule has 0 spiro atoms. The zero-order valence-corrected chi connectivity index (χ0v) is 14.3. The van der Waals surface area contributed by atoms with Gasteiger partial charge in [0.1, 0.15) is 23.7 Å². The predicted octanol–water partition coefficient (Wildman–Crippen LogP) is 3.49. The van der Waals surface area contributed by atoms with Crippen LogP contribution in [-0.4, -0.2) is 35.5 Å². The van der Waals surface area contributed by atoms with Crippen molar-refractivity contribution in [2.24, 2.45) is 0 Å². The summed E-state index contributed by atoms with van der Waals surface area (Å²) >= 11 is 0. The van der Waals surface area contributed by atoms with Crippen LogP contribution in [0.2, 0.25) is 0 Å². The Morgan fingerprint density at radius 2 is 1.88 bits per heavy atom. The van der Waals surface area contributed by atoms with E-state index in [1.807, 2.05) is 0 Å². The fourth-order valence-electron chi connectivity index (χ4n) is 2.81. The van der Waals surface area contributed by atoms with Gasteiger partial charge in [-0.3, -0.25) is 9.69 Å². The number of benzene rings is 1. The predicted molar refractivity (Wildman–Crippen MR) is 89.3 cm³/mol. The molecule has 0 saturated carbocycles. The molecular weight excluding hydrogens is 311 g/mol. The lowest BCUT2D eigenvalue weighted by Gasteiger charge is -2.21. The van der Waals surface area contributed by atoms with Crippen molar-refractivity contribution in [2.75, 3.05) is 13.2 Å². The van der Waals surface area contributed by atoms with Crippen molar-refractivity contribution in [2.45, 2.75) is 51.5 Å². The Hall–Kier alpha value is -2.11. The number of halogens is 1. The Balaban J connectivity index is 1.83. The van der Waals surface area contributed by atoms with Crippen LogP contribution in [0.25, 0.3) is 0 Å². The highest BCUT2D eigenvalue weighted by Crippen LogP contribution is 2.24. The SMILES string of the molecule is CCCCCCC1(C)NC(=O)N(CCOc2ccc(F)cc2)C1=O. The first-order valence-corrected chi connectivity index (χ1v) is 8.49. The van der Waals surface area contributed by atoms with Crippen molar-refractivity contribution >= 4 is 11.9 Å². The lowest BCUT2D eigenvalue weighted by molar-refractivity contribution is -0.131. The van der Waals surface area contributed by atoms with Gasteiger partial charge in [-0.2, -0.15) is 0 Å². The van der Waals surface area contributed by atoms with Crippen LogP contribution in [-0.2, 0) is 4.79 Å². The Labute approximate surface area is 142 Å². The molecule has 132 valence electrons. The van der Waals surface area contributed by atoms with Gasteiger partial charge < -0.3 is 10.1 Å². The highest BCUT2D eigenvalue weighted by molar-refractivity contribution is 6.06. The molecule has 1 atom stereocenters. The van der Waals surface area contributed by atoms with Gasteiger partial charge in [-0.05, 0) is 37.6 Å². The van der Waals surface area contributed by atoms with E-state index < -0.39 is 5.54 Å². The first kappa shape index (κ1) is 18.2. The Morgan fingerprint density at radius 1 is 1.17 bits per heavy atom. The molecule has 1 aliphatic heterocycles. The molecule has 1 saturated heterocycles. The molecule has 1 unspecified atom stereocenters. The first-order chi connectivity index (χ1) is 11.5. The van der Waals surface area contributed by atoms with Gasteiger partial charge in [0.15, 0.2) is 0 Å². The summed E-state index contributed by atoms with van der Waals surface area (Å²) < 4.78 is 18.3. The monoisotopic (exact) mass is 336 g/mol. The van der Waals surface area contributed by atoms with E-state index in [2.05, 4.69) is 12.2 Å². The van der Waals surface area contributed by atoms with E-state index in [1.165, 1.54) is 29.2 Å². The van der Waals surface area contributed by atoms with E-state index in [0.717, 1.165) is 25.7 Å². The smallest absolute Gasteiger partial charge is 0.325 e. The van der Waals surface area contributed by atoms with Crippen LogP contribution >= 0.6 is 0 Å². The van der Waals surface area contributed by atoms with Gasteiger partial charge in [0.05, 0.1) is 6.54 Å². The summed E-state index contributed by atoms with van der Waals surface area (Å²) in [6.45, 7) is 4.26. The molecule has 1 heterocycles. The summed E-state index contributed by atoms with van der Waals surface area (Å²) in [6.07, 6.45) is 4.88. The number of hydrogen-bond acceptors (Lipinski definition) is 3. The zero-order valence-electron chi connectivity index (χ0n) is 14.3. The minimum atomic E-state index is -0.819. The fraction of sp³-hybridized carbons (Fsp3) is 0.556. The third-order valence-electron chi connectivity index (χ3n) is 4.27. The number of urea groups is 1. The second kappa shape index (κ2) is 8.13. The lowest BCUT2D eigenvalue weighted by Crippen LogP contribution is -2.44. The van der Waals surface area contributed by atoms with Crippen LogP contribution in [0.3, 0.4) is 0 Å². The average Bonchev–Trinajstić information content (AvgIpc) is 2.77. The summed E-state index contributed by atoms with van der Waals surface area (Å²) in [6, 6.07) is 5.26. The lowest BCUT2D eigenvalue weighted by atomic mass is 9.94. The largest absolute Gasteiger partial charge is 0.492 e. The summed E-state index contributed by atoms with van der Waals surface area (Å²) in [5, 5.41) is 2.80. The maximum Gasteiger partial charge on any atom is 0.325 e. The number of rotatable bonds is 9.